The van der Waals surface area contributed by atoms with Gasteiger partial charge in [0.05, 0.1) is 6.10 Å². The monoisotopic (exact) mass is 198 g/mol. The Labute approximate surface area is 86.5 Å². The van der Waals surface area contributed by atoms with Gasteiger partial charge in [0.15, 0.2) is 0 Å². The molecule has 2 fully saturated rings. The summed E-state index contributed by atoms with van der Waals surface area (Å²) in [6, 6.07) is 0.351. The maximum atomic E-state index is 10.0. The number of hydrogen-bond acceptors (Lipinski definition) is 3. The van der Waals surface area contributed by atoms with E-state index in [0.717, 1.165) is 19.5 Å². The first-order chi connectivity index (χ1) is 6.86. The summed E-state index contributed by atoms with van der Waals surface area (Å²) in [6.07, 6.45) is 6.15. The van der Waals surface area contributed by atoms with Gasteiger partial charge in [-0.25, -0.2) is 0 Å². The number of rotatable bonds is 3. The third-order valence-corrected chi connectivity index (χ3v) is 3.46. The zero-order chi connectivity index (χ0) is 9.80. The van der Waals surface area contributed by atoms with E-state index in [1.165, 1.54) is 38.8 Å². The van der Waals surface area contributed by atoms with Crippen LogP contribution in [0, 0.1) is 0 Å². The van der Waals surface area contributed by atoms with Gasteiger partial charge in [-0.2, -0.15) is 0 Å². The number of hydrogen-bond donors (Lipinski definition) is 2. The highest BCUT2D eigenvalue weighted by atomic mass is 16.3. The number of nitrogens with zero attached hydrogens (tertiary/aromatic N) is 1. The molecule has 3 nitrogen and oxygen atoms in total. The van der Waals surface area contributed by atoms with Crippen LogP contribution >= 0.6 is 0 Å². The molecule has 2 N–H and O–H groups in total. The molecule has 2 atom stereocenters. The van der Waals surface area contributed by atoms with Crippen molar-refractivity contribution in [2.75, 3.05) is 26.2 Å². The fraction of sp³-hybridized carbons (Fsp3) is 1.00. The standard InChI is InChI=1S/C11H22N2O/c14-11(9-13-7-3-4-8-13)10-5-1-2-6-12-10/h10-12,14H,1-9H2. The lowest BCUT2D eigenvalue weighted by molar-refractivity contribution is 0.0780. The molecule has 0 radical (unpaired) electrons. The predicted octanol–water partition coefficient (Wildman–Crippen LogP) is 0.585. The van der Waals surface area contributed by atoms with Crippen LogP contribution in [0.3, 0.4) is 0 Å². The molecular weight excluding hydrogens is 176 g/mol. The zero-order valence-corrected chi connectivity index (χ0v) is 8.91. The second kappa shape index (κ2) is 5.10. The van der Waals surface area contributed by atoms with Crippen LogP contribution in [0.1, 0.15) is 32.1 Å². The number of aliphatic hydroxyl groups is 1. The van der Waals surface area contributed by atoms with E-state index in [1.54, 1.807) is 0 Å². The summed E-state index contributed by atoms with van der Waals surface area (Å²) in [5.41, 5.74) is 0. The molecule has 0 saturated carbocycles. The number of likely N-dealkylation sites (tertiary alicyclic amines) is 1. The van der Waals surface area contributed by atoms with Gasteiger partial charge in [-0.1, -0.05) is 6.42 Å². The minimum absolute atomic E-state index is 0.159. The quantitative estimate of drug-likeness (QED) is 0.696. The smallest absolute Gasteiger partial charge is 0.0819 e. The van der Waals surface area contributed by atoms with Crippen molar-refractivity contribution in [3.8, 4) is 0 Å². The predicted molar refractivity (Wildman–Crippen MR) is 57.3 cm³/mol. The Morgan fingerprint density at radius 3 is 2.64 bits per heavy atom. The summed E-state index contributed by atoms with van der Waals surface area (Å²) >= 11 is 0. The molecular formula is C11H22N2O. The van der Waals surface area contributed by atoms with Gasteiger partial charge in [-0.3, -0.25) is 0 Å². The second-order valence-electron chi connectivity index (χ2n) is 4.63. The fourth-order valence-corrected chi connectivity index (χ4v) is 2.56. The van der Waals surface area contributed by atoms with Crippen molar-refractivity contribution in [3.63, 3.8) is 0 Å². The average Bonchev–Trinajstić information content (AvgIpc) is 2.72. The lowest BCUT2D eigenvalue weighted by Crippen LogP contribution is -2.47. The first kappa shape index (κ1) is 10.4. The molecule has 0 aromatic heterocycles. The lowest BCUT2D eigenvalue weighted by atomic mass is 10.00. The van der Waals surface area contributed by atoms with Crippen LogP contribution in [0.15, 0.2) is 0 Å². The van der Waals surface area contributed by atoms with E-state index in [-0.39, 0.29) is 6.10 Å². The Bertz CT molecular complexity index is 163. The molecule has 2 rings (SSSR count). The van der Waals surface area contributed by atoms with Crippen LogP contribution in [0.5, 0.6) is 0 Å². The highest BCUT2D eigenvalue weighted by Crippen LogP contribution is 2.14. The summed E-state index contributed by atoms with van der Waals surface area (Å²) in [5, 5.41) is 13.4. The molecule has 2 saturated heterocycles. The average molecular weight is 198 g/mol. The number of piperidine rings is 1. The SMILES string of the molecule is OC(CN1CCCC1)C1CCCCN1. The second-order valence-corrected chi connectivity index (χ2v) is 4.63. The molecule has 2 unspecified atom stereocenters. The van der Waals surface area contributed by atoms with Crippen molar-refractivity contribution < 1.29 is 5.11 Å². The lowest BCUT2D eigenvalue weighted by Gasteiger charge is -2.30. The van der Waals surface area contributed by atoms with Crippen LogP contribution < -0.4 is 5.32 Å². The molecule has 0 spiro atoms. The summed E-state index contributed by atoms with van der Waals surface area (Å²) in [5.74, 6) is 0. The third-order valence-electron chi connectivity index (χ3n) is 3.46. The summed E-state index contributed by atoms with van der Waals surface area (Å²) in [4.78, 5) is 2.39. The van der Waals surface area contributed by atoms with E-state index in [9.17, 15) is 5.11 Å². The van der Waals surface area contributed by atoms with Gasteiger partial charge in [0.1, 0.15) is 0 Å². The first-order valence-corrected chi connectivity index (χ1v) is 6.00. The van der Waals surface area contributed by atoms with Crippen LogP contribution in [0.2, 0.25) is 0 Å². The van der Waals surface area contributed by atoms with Gasteiger partial charge in [0.25, 0.3) is 0 Å². The number of β-amino-alcohol motifs (C(OH)–C–C–N with tert-alkyl or cyclic N) is 1. The number of nitrogens with one attached hydrogen (secondary N) is 1. The van der Waals surface area contributed by atoms with Gasteiger partial charge in [-0.15, -0.1) is 0 Å². The van der Waals surface area contributed by atoms with Crippen LogP contribution in [-0.2, 0) is 0 Å². The topological polar surface area (TPSA) is 35.5 Å². The van der Waals surface area contributed by atoms with Gasteiger partial charge < -0.3 is 15.3 Å². The van der Waals surface area contributed by atoms with E-state index in [4.69, 9.17) is 0 Å². The van der Waals surface area contributed by atoms with Crippen molar-refractivity contribution in [2.45, 2.75) is 44.2 Å². The fourth-order valence-electron chi connectivity index (χ4n) is 2.56. The molecule has 0 aromatic rings. The minimum atomic E-state index is -0.159. The Balaban J connectivity index is 1.72. The zero-order valence-electron chi connectivity index (χ0n) is 8.91. The van der Waals surface area contributed by atoms with Crippen molar-refractivity contribution in [1.29, 1.82) is 0 Å². The van der Waals surface area contributed by atoms with E-state index in [2.05, 4.69) is 10.2 Å². The molecule has 3 heteroatoms. The molecule has 0 aromatic carbocycles. The van der Waals surface area contributed by atoms with Gasteiger partial charge in [-0.05, 0) is 45.3 Å². The molecule has 0 amide bonds. The van der Waals surface area contributed by atoms with Crippen LogP contribution in [-0.4, -0.2) is 48.3 Å². The maximum Gasteiger partial charge on any atom is 0.0819 e. The molecule has 2 aliphatic rings. The Hall–Kier alpha value is -0.120. The molecule has 2 heterocycles. The molecule has 2 aliphatic heterocycles. The summed E-state index contributed by atoms with van der Waals surface area (Å²) in [6.45, 7) is 4.33. The van der Waals surface area contributed by atoms with Crippen molar-refractivity contribution in [2.24, 2.45) is 0 Å². The number of aliphatic hydroxyl groups excluding tert-OH is 1. The van der Waals surface area contributed by atoms with E-state index < -0.39 is 0 Å². The van der Waals surface area contributed by atoms with Crippen molar-refractivity contribution in [1.82, 2.24) is 10.2 Å². The Morgan fingerprint density at radius 1 is 1.21 bits per heavy atom. The minimum Gasteiger partial charge on any atom is -0.390 e. The van der Waals surface area contributed by atoms with Gasteiger partial charge in [0, 0.05) is 12.6 Å². The third kappa shape index (κ3) is 2.69. The maximum absolute atomic E-state index is 10.0. The van der Waals surface area contributed by atoms with Gasteiger partial charge >= 0.3 is 0 Å². The highest BCUT2D eigenvalue weighted by Gasteiger charge is 2.24. The molecule has 0 aliphatic carbocycles. The molecule has 82 valence electrons. The summed E-state index contributed by atoms with van der Waals surface area (Å²) in [7, 11) is 0. The van der Waals surface area contributed by atoms with Crippen molar-refractivity contribution >= 4 is 0 Å². The highest BCUT2D eigenvalue weighted by molar-refractivity contribution is 4.82. The van der Waals surface area contributed by atoms with E-state index >= 15 is 0 Å². The normalized spacial score (nSPS) is 31.9. The van der Waals surface area contributed by atoms with E-state index in [0.29, 0.717) is 6.04 Å². The van der Waals surface area contributed by atoms with Crippen LogP contribution in [0.4, 0.5) is 0 Å². The first-order valence-electron chi connectivity index (χ1n) is 6.00. The molecule has 14 heavy (non-hydrogen) atoms. The van der Waals surface area contributed by atoms with E-state index in [1.807, 2.05) is 0 Å². The Morgan fingerprint density at radius 2 is 2.00 bits per heavy atom. The van der Waals surface area contributed by atoms with Crippen LogP contribution in [0.25, 0.3) is 0 Å². The molecule has 0 bridgehead atoms. The Kier molecular flexibility index (Phi) is 3.79. The van der Waals surface area contributed by atoms with Gasteiger partial charge in [0.2, 0.25) is 0 Å². The van der Waals surface area contributed by atoms with Crippen molar-refractivity contribution in [3.05, 3.63) is 0 Å². The summed E-state index contributed by atoms with van der Waals surface area (Å²) < 4.78 is 0. The largest absolute Gasteiger partial charge is 0.390 e.